The van der Waals surface area contributed by atoms with Gasteiger partial charge in [-0.05, 0) is 63.2 Å². The van der Waals surface area contributed by atoms with Crippen molar-refractivity contribution in [1.29, 1.82) is 0 Å². The number of amides is 2. The molecule has 0 bridgehead atoms. The second-order valence-electron chi connectivity index (χ2n) is 8.62. The standard InChI is InChI=1S/C21H33N3O2S/c25-21(23-20-22-12-13-27-20)24(18-4-2-1-3-5-18)19-10-8-17(9-11-19)15-26-14-16-6-7-16/h12-13,16-19H,1-11,14-15H2,(H,22,23,25). The van der Waals surface area contributed by atoms with Gasteiger partial charge in [0.05, 0.1) is 0 Å². The van der Waals surface area contributed by atoms with Crippen LogP contribution >= 0.6 is 11.3 Å². The number of hydrogen-bond acceptors (Lipinski definition) is 4. The first kappa shape index (κ1) is 19.2. The summed E-state index contributed by atoms with van der Waals surface area (Å²) in [7, 11) is 0. The molecule has 0 radical (unpaired) electrons. The third-order valence-electron chi connectivity index (χ3n) is 6.46. The van der Waals surface area contributed by atoms with Gasteiger partial charge in [0.25, 0.3) is 0 Å². The lowest BCUT2D eigenvalue weighted by Crippen LogP contribution is -2.51. The summed E-state index contributed by atoms with van der Waals surface area (Å²) >= 11 is 1.49. The predicted molar refractivity (Wildman–Crippen MR) is 109 cm³/mol. The molecule has 150 valence electrons. The van der Waals surface area contributed by atoms with Gasteiger partial charge in [-0.1, -0.05) is 19.3 Å². The molecular formula is C21H33N3O2S. The number of nitrogens with one attached hydrogen (secondary N) is 1. The van der Waals surface area contributed by atoms with Crippen molar-refractivity contribution < 1.29 is 9.53 Å². The van der Waals surface area contributed by atoms with Crippen molar-refractivity contribution in [2.24, 2.45) is 11.8 Å². The molecule has 0 saturated heterocycles. The van der Waals surface area contributed by atoms with Crippen LogP contribution in [-0.2, 0) is 4.74 Å². The Morgan fingerprint density at radius 3 is 2.22 bits per heavy atom. The third-order valence-corrected chi connectivity index (χ3v) is 7.15. The van der Waals surface area contributed by atoms with E-state index in [0.29, 0.717) is 23.1 Å². The number of anilines is 1. The first-order chi connectivity index (χ1) is 13.3. The van der Waals surface area contributed by atoms with Gasteiger partial charge in [0.2, 0.25) is 0 Å². The van der Waals surface area contributed by atoms with Gasteiger partial charge < -0.3 is 9.64 Å². The highest BCUT2D eigenvalue weighted by molar-refractivity contribution is 7.13. The van der Waals surface area contributed by atoms with Crippen LogP contribution in [0.4, 0.5) is 9.93 Å². The molecule has 1 heterocycles. The van der Waals surface area contributed by atoms with Crippen LogP contribution in [0.5, 0.6) is 0 Å². The van der Waals surface area contributed by atoms with Gasteiger partial charge in [0.15, 0.2) is 5.13 Å². The Kier molecular flexibility index (Phi) is 6.66. The number of urea groups is 1. The van der Waals surface area contributed by atoms with Crippen molar-refractivity contribution in [2.45, 2.75) is 82.7 Å². The van der Waals surface area contributed by atoms with E-state index in [1.165, 1.54) is 56.3 Å². The number of hydrogen-bond donors (Lipinski definition) is 1. The zero-order valence-corrected chi connectivity index (χ0v) is 17.1. The number of carbonyl (C=O) groups excluding carboxylic acids is 1. The molecule has 3 aliphatic rings. The molecule has 2 amide bonds. The molecule has 1 N–H and O–H groups in total. The normalized spacial score (nSPS) is 26.7. The molecule has 3 fully saturated rings. The van der Waals surface area contributed by atoms with E-state index >= 15 is 0 Å². The average Bonchev–Trinajstić information content (AvgIpc) is 3.38. The number of nitrogens with zero attached hydrogens (tertiary/aromatic N) is 2. The average molecular weight is 392 g/mol. The van der Waals surface area contributed by atoms with Crippen molar-refractivity contribution in [3.05, 3.63) is 11.6 Å². The summed E-state index contributed by atoms with van der Waals surface area (Å²) in [6.45, 7) is 1.88. The van der Waals surface area contributed by atoms with Gasteiger partial charge in [0.1, 0.15) is 0 Å². The smallest absolute Gasteiger partial charge is 0.324 e. The Morgan fingerprint density at radius 2 is 1.63 bits per heavy atom. The molecule has 0 aromatic carbocycles. The van der Waals surface area contributed by atoms with Crippen LogP contribution < -0.4 is 5.32 Å². The van der Waals surface area contributed by atoms with E-state index in [0.717, 1.165) is 44.8 Å². The highest BCUT2D eigenvalue weighted by Crippen LogP contribution is 2.34. The Bertz CT molecular complexity index is 576. The van der Waals surface area contributed by atoms with E-state index < -0.39 is 0 Å². The third kappa shape index (κ3) is 5.44. The minimum absolute atomic E-state index is 0.0604. The maximum atomic E-state index is 13.1. The molecular weight excluding hydrogens is 358 g/mol. The van der Waals surface area contributed by atoms with Crippen molar-refractivity contribution in [3.63, 3.8) is 0 Å². The summed E-state index contributed by atoms with van der Waals surface area (Å²) in [5, 5.41) is 5.67. The van der Waals surface area contributed by atoms with Gasteiger partial charge in [0, 0.05) is 36.9 Å². The van der Waals surface area contributed by atoms with Crippen LogP contribution in [0.2, 0.25) is 0 Å². The topological polar surface area (TPSA) is 54.5 Å². The van der Waals surface area contributed by atoms with E-state index in [9.17, 15) is 4.79 Å². The Balaban J connectivity index is 1.32. The molecule has 27 heavy (non-hydrogen) atoms. The summed E-state index contributed by atoms with van der Waals surface area (Å²) in [6.07, 6.45) is 15.2. The zero-order valence-electron chi connectivity index (χ0n) is 16.3. The van der Waals surface area contributed by atoms with E-state index in [-0.39, 0.29) is 6.03 Å². The van der Waals surface area contributed by atoms with E-state index in [2.05, 4.69) is 15.2 Å². The minimum Gasteiger partial charge on any atom is -0.381 e. The number of ether oxygens (including phenoxy) is 1. The lowest BCUT2D eigenvalue weighted by atomic mass is 9.84. The number of rotatable bonds is 7. The largest absolute Gasteiger partial charge is 0.381 e. The van der Waals surface area contributed by atoms with Crippen molar-refractivity contribution >= 4 is 22.5 Å². The summed E-state index contributed by atoms with van der Waals surface area (Å²) in [5.41, 5.74) is 0. The number of aromatic nitrogens is 1. The molecule has 0 atom stereocenters. The molecule has 3 aliphatic carbocycles. The van der Waals surface area contributed by atoms with Crippen LogP contribution in [0.25, 0.3) is 0 Å². The SMILES string of the molecule is O=C(Nc1nccs1)N(C1CCCCC1)C1CCC(COCC2CC2)CC1. The molecule has 5 nitrogen and oxygen atoms in total. The van der Waals surface area contributed by atoms with E-state index in [1.54, 1.807) is 6.20 Å². The van der Waals surface area contributed by atoms with Gasteiger partial charge >= 0.3 is 6.03 Å². The summed E-state index contributed by atoms with van der Waals surface area (Å²) in [4.78, 5) is 19.5. The molecule has 6 heteroatoms. The second kappa shape index (κ2) is 9.37. The van der Waals surface area contributed by atoms with E-state index in [4.69, 9.17) is 4.74 Å². The van der Waals surface area contributed by atoms with Crippen LogP contribution in [0.1, 0.15) is 70.6 Å². The first-order valence-electron chi connectivity index (χ1n) is 10.9. The summed E-state index contributed by atoms with van der Waals surface area (Å²) in [5.74, 6) is 1.52. The quantitative estimate of drug-likeness (QED) is 0.686. The first-order valence-corrected chi connectivity index (χ1v) is 11.7. The van der Waals surface area contributed by atoms with Crippen LogP contribution in [0.15, 0.2) is 11.6 Å². The molecule has 1 aromatic rings. The summed E-state index contributed by atoms with van der Waals surface area (Å²) < 4.78 is 5.93. The minimum atomic E-state index is 0.0604. The van der Waals surface area contributed by atoms with E-state index in [1.807, 2.05) is 5.38 Å². The maximum absolute atomic E-state index is 13.1. The predicted octanol–water partition coefficient (Wildman–Crippen LogP) is 5.30. The lowest BCUT2D eigenvalue weighted by molar-refractivity contribution is 0.0548. The fourth-order valence-electron chi connectivity index (χ4n) is 4.71. The van der Waals surface area contributed by atoms with Gasteiger partial charge in [-0.15, -0.1) is 11.3 Å². The van der Waals surface area contributed by atoms with Crippen LogP contribution in [0, 0.1) is 11.8 Å². The van der Waals surface area contributed by atoms with Gasteiger partial charge in [-0.2, -0.15) is 0 Å². The molecule has 4 rings (SSSR count). The fraction of sp³-hybridized carbons (Fsp3) is 0.810. The molecule has 0 unspecified atom stereocenters. The Morgan fingerprint density at radius 1 is 1.00 bits per heavy atom. The zero-order chi connectivity index (χ0) is 18.5. The van der Waals surface area contributed by atoms with Crippen molar-refractivity contribution in [2.75, 3.05) is 18.5 Å². The van der Waals surface area contributed by atoms with Gasteiger partial charge in [-0.3, -0.25) is 5.32 Å². The van der Waals surface area contributed by atoms with Gasteiger partial charge in [-0.25, -0.2) is 9.78 Å². The summed E-state index contributed by atoms with van der Waals surface area (Å²) in [6, 6.07) is 0.824. The Hall–Kier alpha value is -1.14. The van der Waals surface area contributed by atoms with Crippen LogP contribution in [-0.4, -0.2) is 41.2 Å². The van der Waals surface area contributed by atoms with Crippen molar-refractivity contribution in [3.8, 4) is 0 Å². The molecule has 0 spiro atoms. The lowest BCUT2D eigenvalue weighted by Gasteiger charge is -2.42. The maximum Gasteiger partial charge on any atom is 0.324 e. The van der Waals surface area contributed by atoms with Crippen molar-refractivity contribution in [1.82, 2.24) is 9.88 Å². The second-order valence-corrected chi connectivity index (χ2v) is 9.52. The molecule has 1 aromatic heterocycles. The highest BCUT2D eigenvalue weighted by Gasteiger charge is 2.34. The number of carbonyl (C=O) groups is 1. The number of thiazole rings is 1. The monoisotopic (exact) mass is 391 g/mol. The van der Waals surface area contributed by atoms with Crippen LogP contribution in [0.3, 0.4) is 0 Å². The fourth-order valence-corrected chi connectivity index (χ4v) is 5.22. The Labute approximate surface area is 166 Å². The molecule has 0 aliphatic heterocycles. The molecule has 3 saturated carbocycles. The highest BCUT2D eigenvalue weighted by atomic mass is 32.1.